The Labute approximate surface area is 178 Å². The van der Waals surface area contributed by atoms with Gasteiger partial charge in [0.05, 0.1) is 5.69 Å². The molecule has 2 fully saturated rings. The second-order valence-corrected chi connectivity index (χ2v) is 8.77. The first-order valence-electron chi connectivity index (χ1n) is 11.4. The van der Waals surface area contributed by atoms with Gasteiger partial charge in [0.2, 0.25) is 11.8 Å². The molecule has 3 heterocycles. The van der Waals surface area contributed by atoms with E-state index in [0.29, 0.717) is 18.9 Å². The normalized spacial score (nSPS) is 20.3. The van der Waals surface area contributed by atoms with Crippen molar-refractivity contribution in [1.29, 1.82) is 0 Å². The van der Waals surface area contributed by atoms with Crippen molar-refractivity contribution in [3.8, 4) is 0 Å². The molecule has 1 unspecified atom stereocenters. The highest BCUT2D eigenvalue weighted by Gasteiger charge is 2.29. The van der Waals surface area contributed by atoms with E-state index < -0.39 is 0 Å². The maximum Gasteiger partial charge on any atom is 0.229 e. The van der Waals surface area contributed by atoms with Crippen LogP contribution < -0.4 is 0 Å². The van der Waals surface area contributed by atoms with E-state index in [9.17, 15) is 4.79 Å². The molecule has 0 spiro atoms. The van der Waals surface area contributed by atoms with Gasteiger partial charge in [-0.2, -0.15) is 10.1 Å². The number of likely N-dealkylation sites (tertiary alicyclic amines) is 1. The number of aromatic nitrogens is 4. The summed E-state index contributed by atoms with van der Waals surface area (Å²) in [6.45, 7) is 10.2. The molecule has 8 heteroatoms. The zero-order valence-electron chi connectivity index (χ0n) is 18.5. The largest absolute Gasteiger partial charge is 0.339 e. The molecule has 4 rings (SSSR count). The molecule has 2 aromatic heterocycles. The van der Waals surface area contributed by atoms with Crippen molar-refractivity contribution in [1.82, 2.24) is 29.7 Å². The number of carbonyl (C=O) groups excluding carboxylic acids is 1. The zero-order valence-corrected chi connectivity index (χ0v) is 18.5. The van der Waals surface area contributed by atoms with Crippen molar-refractivity contribution in [2.45, 2.75) is 84.3 Å². The Hall–Kier alpha value is -2.22. The summed E-state index contributed by atoms with van der Waals surface area (Å²) in [4.78, 5) is 21.5. The van der Waals surface area contributed by atoms with E-state index in [0.717, 1.165) is 69.3 Å². The van der Waals surface area contributed by atoms with Crippen molar-refractivity contribution in [3.63, 3.8) is 0 Å². The standard InChI is InChI=1S/C22H34N6O2/c1-4-27-14-19(16(2)24-27)13-26-11-6-9-20(15-26)28(17(3)29)12-10-21-23-22(30-25-21)18-7-5-8-18/h14,18,20H,4-13,15H2,1-3H3. The summed E-state index contributed by atoms with van der Waals surface area (Å²) < 4.78 is 7.43. The van der Waals surface area contributed by atoms with Gasteiger partial charge in [0.1, 0.15) is 0 Å². The second kappa shape index (κ2) is 9.29. The van der Waals surface area contributed by atoms with Crippen LogP contribution in [0.2, 0.25) is 0 Å². The van der Waals surface area contributed by atoms with Crippen LogP contribution in [0.3, 0.4) is 0 Å². The lowest BCUT2D eigenvalue weighted by molar-refractivity contribution is -0.132. The van der Waals surface area contributed by atoms with Crippen molar-refractivity contribution < 1.29 is 9.32 Å². The first kappa shape index (κ1) is 21.0. The van der Waals surface area contributed by atoms with Crippen LogP contribution in [-0.4, -0.2) is 61.3 Å². The van der Waals surface area contributed by atoms with Crippen LogP contribution in [0, 0.1) is 6.92 Å². The molecule has 2 aliphatic rings. The van der Waals surface area contributed by atoms with Gasteiger partial charge in [-0.3, -0.25) is 14.4 Å². The third-order valence-electron chi connectivity index (χ3n) is 6.61. The van der Waals surface area contributed by atoms with Crippen LogP contribution >= 0.6 is 0 Å². The molecule has 1 aliphatic heterocycles. The smallest absolute Gasteiger partial charge is 0.229 e. The molecule has 1 saturated heterocycles. The average Bonchev–Trinajstić information content (AvgIpc) is 3.27. The fraction of sp³-hybridized carbons (Fsp3) is 0.727. The minimum Gasteiger partial charge on any atom is -0.339 e. The van der Waals surface area contributed by atoms with Gasteiger partial charge in [-0.15, -0.1) is 0 Å². The van der Waals surface area contributed by atoms with E-state index in [1.165, 1.54) is 12.0 Å². The quantitative estimate of drug-likeness (QED) is 0.661. The predicted octanol–water partition coefficient (Wildman–Crippen LogP) is 2.92. The van der Waals surface area contributed by atoms with E-state index in [4.69, 9.17) is 4.52 Å². The molecule has 1 saturated carbocycles. The van der Waals surface area contributed by atoms with Crippen LogP contribution in [0.25, 0.3) is 0 Å². The van der Waals surface area contributed by atoms with Crippen molar-refractivity contribution in [3.05, 3.63) is 29.2 Å². The Morgan fingerprint density at radius 1 is 1.30 bits per heavy atom. The first-order valence-corrected chi connectivity index (χ1v) is 11.4. The second-order valence-electron chi connectivity index (χ2n) is 8.77. The van der Waals surface area contributed by atoms with Crippen LogP contribution in [0.15, 0.2) is 10.7 Å². The topological polar surface area (TPSA) is 80.3 Å². The summed E-state index contributed by atoms with van der Waals surface area (Å²) in [6, 6.07) is 0.232. The van der Waals surface area contributed by atoms with Gasteiger partial charge in [0.25, 0.3) is 0 Å². The first-order chi connectivity index (χ1) is 14.5. The summed E-state index contributed by atoms with van der Waals surface area (Å²) in [5.74, 6) is 2.07. The molecule has 8 nitrogen and oxygen atoms in total. The third kappa shape index (κ3) is 4.74. The summed E-state index contributed by atoms with van der Waals surface area (Å²) in [5, 5.41) is 8.71. The number of hydrogen-bond acceptors (Lipinski definition) is 6. The lowest BCUT2D eigenvalue weighted by atomic mass is 9.85. The summed E-state index contributed by atoms with van der Waals surface area (Å²) in [6.07, 6.45) is 8.49. The Bertz CT molecular complexity index is 856. The van der Waals surface area contributed by atoms with Gasteiger partial charge < -0.3 is 9.42 Å². The number of nitrogens with zero attached hydrogens (tertiary/aromatic N) is 6. The minimum absolute atomic E-state index is 0.125. The number of hydrogen-bond donors (Lipinski definition) is 0. The number of amides is 1. The van der Waals surface area contributed by atoms with Crippen LogP contribution in [0.1, 0.15) is 74.8 Å². The number of piperidine rings is 1. The van der Waals surface area contributed by atoms with Gasteiger partial charge in [0.15, 0.2) is 5.82 Å². The Morgan fingerprint density at radius 3 is 2.80 bits per heavy atom. The highest BCUT2D eigenvalue weighted by molar-refractivity contribution is 5.73. The maximum atomic E-state index is 12.4. The summed E-state index contributed by atoms with van der Waals surface area (Å²) in [7, 11) is 0. The van der Waals surface area contributed by atoms with Gasteiger partial charge >= 0.3 is 0 Å². The summed E-state index contributed by atoms with van der Waals surface area (Å²) in [5.41, 5.74) is 2.38. The lowest BCUT2D eigenvalue weighted by Crippen LogP contribution is -2.50. The molecule has 2 aromatic rings. The summed E-state index contributed by atoms with van der Waals surface area (Å²) >= 11 is 0. The molecule has 0 bridgehead atoms. The van der Waals surface area contributed by atoms with Gasteiger partial charge in [-0.05, 0) is 46.1 Å². The maximum absolute atomic E-state index is 12.4. The predicted molar refractivity (Wildman–Crippen MR) is 113 cm³/mol. The van der Waals surface area contributed by atoms with Crippen LogP contribution in [0.4, 0.5) is 0 Å². The van der Waals surface area contributed by atoms with E-state index >= 15 is 0 Å². The SMILES string of the molecule is CCn1cc(CN2CCCC(N(CCc3noc(C4CCC4)n3)C(C)=O)C2)c(C)n1. The van der Waals surface area contributed by atoms with Crippen molar-refractivity contribution >= 4 is 5.91 Å². The van der Waals surface area contributed by atoms with Crippen molar-refractivity contribution in [2.24, 2.45) is 0 Å². The van der Waals surface area contributed by atoms with Crippen LogP contribution in [-0.2, 0) is 24.3 Å². The molecule has 30 heavy (non-hydrogen) atoms. The van der Waals surface area contributed by atoms with Gasteiger partial charge in [-0.1, -0.05) is 11.6 Å². The number of carbonyl (C=O) groups is 1. The molecule has 1 aliphatic carbocycles. The fourth-order valence-electron chi connectivity index (χ4n) is 4.55. The van der Waals surface area contributed by atoms with E-state index in [1.54, 1.807) is 6.92 Å². The molecule has 0 N–H and O–H groups in total. The molecule has 1 amide bonds. The monoisotopic (exact) mass is 414 g/mol. The fourth-order valence-corrected chi connectivity index (χ4v) is 4.55. The Balaban J connectivity index is 1.35. The van der Waals surface area contributed by atoms with E-state index in [2.05, 4.69) is 40.2 Å². The molecule has 164 valence electrons. The Kier molecular flexibility index (Phi) is 6.51. The minimum atomic E-state index is 0.125. The molecule has 0 aromatic carbocycles. The van der Waals surface area contributed by atoms with E-state index in [-0.39, 0.29) is 11.9 Å². The Morgan fingerprint density at radius 2 is 2.13 bits per heavy atom. The lowest BCUT2D eigenvalue weighted by Gasteiger charge is -2.39. The zero-order chi connectivity index (χ0) is 21.1. The third-order valence-corrected chi connectivity index (χ3v) is 6.61. The van der Waals surface area contributed by atoms with Gasteiger partial charge in [0, 0.05) is 63.2 Å². The molecular formula is C22H34N6O2. The van der Waals surface area contributed by atoms with Crippen molar-refractivity contribution in [2.75, 3.05) is 19.6 Å². The average molecular weight is 415 g/mol. The number of aryl methyl sites for hydroxylation is 2. The highest BCUT2D eigenvalue weighted by Crippen LogP contribution is 2.35. The van der Waals surface area contributed by atoms with Gasteiger partial charge in [-0.25, -0.2) is 0 Å². The molecular weight excluding hydrogens is 380 g/mol. The van der Waals surface area contributed by atoms with Crippen LogP contribution in [0.5, 0.6) is 0 Å². The van der Waals surface area contributed by atoms with E-state index in [1.807, 2.05) is 9.58 Å². The highest BCUT2D eigenvalue weighted by atomic mass is 16.5. The molecule has 0 radical (unpaired) electrons. The molecule has 1 atom stereocenters. The number of rotatable bonds is 8.